The second-order valence-electron chi connectivity index (χ2n) is 7.66. The lowest BCUT2D eigenvalue weighted by atomic mass is 10.1. The van der Waals surface area contributed by atoms with Gasteiger partial charge in [0, 0.05) is 27.7 Å². The van der Waals surface area contributed by atoms with Gasteiger partial charge in [-0.25, -0.2) is 8.70 Å². The fourth-order valence-corrected chi connectivity index (χ4v) is 4.43. The summed E-state index contributed by atoms with van der Waals surface area (Å²) in [5, 5.41) is 2.55. The molecule has 0 aliphatic heterocycles. The van der Waals surface area contributed by atoms with E-state index in [2.05, 4.69) is 5.32 Å². The lowest BCUT2D eigenvalue weighted by Crippen LogP contribution is -2.53. The number of carbonyl (C=O) groups excluding carboxylic acids is 2. The van der Waals surface area contributed by atoms with E-state index in [4.69, 9.17) is 4.74 Å². The molecule has 0 saturated heterocycles. The molecule has 2 aromatic carbocycles. The molecule has 0 bridgehead atoms. The van der Waals surface area contributed by atoms with Crippen molar-refractivity contribution in [2.24, 2.45) is 0 Å². The molecule has 0 aliphatic rings. The molecule has 1 N–H and O–H groups in total. The van der Waals surface area contributed by atoms with Crippen molar-refractivity contribution in [1.29, 1.82) is 0 Å². The van der Waals surface area contributed by atoms with Crippen molar-refractivity contribution in [3.63, 3.8) is 0 Å². The van der Waals surface area contributed by atoms with Crippen LogP contribution < -0.4 is 14.4 Å². The minimum absolute atomic E-state index is 0.0435. The molecule has 9 nitrogen and oxygen atoms in total. The van der Waals surface area contributed by atoms with Crippen molar-refractivity contribution >= 4 is 27.7 Å². The number of nitrogens with zero attached hydrogens (tertiary/aromatic N) is 3. The van der Waals surface area contributed by atoms with Crippen molar-refractivity contribution in [1.82, 2.24) is 14.5 Å². The molecule has 0 fully saturated rings. The Morgan fingerprint density at radius 1 is 1.09 bits per heavy atom. The Hall–Kier alpha value is -3.18. The Labute approximate surface area is 200 Å². The average molecular weight is 495 g/mol. The first-order valence-corrected chi connectivity index (χ1v) is 12.0. The van der Waals surface area contributed by atoms with Crippen LogP contribution in [0.1, 0.15) is 18.9 Å². The van der Waals surface area contributed by atoms with Crippen LogP contribution in [-0.4, -0.2) is 70.3 Å². The summed E-state index contributed by atoms with van der Waals surface area (Å²) in [7, 11) is 1.36. The summed E-state index contributed by atoms with van der Waals surface area (Å²) in [5.74, 6) is -1.21. The maximum Gasteiger partial charge on any atom is 0.304 e. The molecule has 2 rings (SSSR count). The first-order valence-electron chi connectivity index (χ1n) is 10.7. The summed E-state index contributed by atoms with van der Waals surface area (Å²) in [6.45, 7) is 1.10. The van der Waals surface area contributed by atoms with E-state index in [9.17, 15) is 22.4 Å². The summed E-state index contributed by atoms with van der Waals surface area (Å²) in [6, 6.07) is 11.4. The number of ether oxygens (including phenoxy) is 1. The fourth-order valence-electron chi connectivity index (χ4n) is 3.37. The number of benzene rings is 2. The molecule has 0 aromatic heterocycles. The van der Waals surface area contributed by atoms with Crippen molar-refractivity contribution in [2.75, 3.05) is 39.1 Å². The summed E-state index contributed by atoms with van der Waals surface area (Å²) in [6.07, 6.45) is 0.293. The minimum atomic E-state index is -4.22. The molecule has 2 amide bonds. The molecular formula is C23H31FN4O5S. The Morgan fingerprint density at radius 3 is 2.21 bits per heavy atom. The van der Waals surface area contributed by atoms with Crippen molar-refractivity contribution < 1.29 is 27.1 Å². The van der Waals surface area contributed by atoms with Gasteiger partial charge in [-0.15, -0.1) is 0 Å². The van der Waals surface area contributed by atoms with E-state index in [-0.39, 0.29) is 12.2 Å². The van der Waals surface area contributed by atoms with Gasteiger partial charge in [-0.3, -0.25) is 9.59 Å². The number of para-hydroxylation sites is 1. The van der Waals surface area contributed by atoms with Gasteiger partial charge < -0.3 is 15.0 Å². The Balaban J connectivity index is 2.49. The van der Waals surface area contributed by atoms with Crippen LogP contribution in [0.3, 0.4) is 0 Å². The summed E-state index contributed by atoms with van der Waals surface area (Å²) >= 11 is 0. The molecule has 0 saturated carbocycles. The molecule has 0 unspecified atom stereocenters. The highest BCUT2D eigenvalue weighted by Crippen LogP contribution is 2.24. The van der Waals surface area contributed by atoms with Crippen LogP contribution in [0.2, 0.25) is 0 Å². The summed E-state index contributed by atoms with van der Waals surface area (Å²) < 4.78 is 47.4. The average Bonchev–Trinajstić information content (AvgIpc) is 2.82. The normalized spacial score (nSPS) is 12.2. The van der Waals surface area contributed by atoms with Crippen molar-refractivity contribution in [2.45, 2.75) is 25.9 Å². The van der Waals surface area contributed by atoms with Gasteiger partial charge in [0.05, 0.1) is 12.8 Å². The molecule has 0 spiro atoms. The lowest BCUT2D eigenvalue weighted by molar-refractivity contribution is -0.140. The van der Waals surface area contributed by atoms with Crippen LogP contribution in [0.5, 0.6) is 5.75 Å². The first-order chi connectivity index (χ1) is 16.1. The number of amides is 2. The van der Waals surface area contributed by atoms with Gasteiger partial charge >= 0.3 is 10.2 Å². The predicted molar refractivity (Wildman–Crippen MR) is 128 cm³/mol. The van der Waals surface area contributed by atoms with E-state index >= 15 is 0 Å². The second kappa shape index (κ2) is 11.8. The van der Waals surface area contributed by atoms with Crippen LogP contribution >= 0.6 is 0 Å². The standard InChI is InChI=1S/C23H31FN4O5S/c1-6-20(23(30)25-2)27(15-17-11-13-18(33-5)14-12-17)22(29)16-28(34(31,32)26(3)4)21-10-8-7-9-19(21)24/h7-14,20H,6,15-16H2,1-5H3,(H,25,30)/t20-/m0/s1. The SMILES string of the molecule is CC[C@@H](C(=O)NC)N(Cc1ccc(OC)cc1)C(=O)CN(c1ccccc1F)S(=O)(=O)N(C)C. The highest BCUT2D eigenvalue weighted by Gasteiger charge is 2.34. The highest BCUT2D eigenvalue weighted by atomic mass is 32.2. The number of likely N-dealkylation sites (N-methyl/N-ethyl adjacent to an activating group) is 1. The molecular weight excluding hydrogens is 463 g/mol. The number of rotatable bonds is 11. The molecule has 0 heterocycles. The maximum atomic E-state index is 14.6. The van der Waals surface area contributed by atoms with E-state index in [0.29, 0.717) is 22.0 Å². The molecule has 2 aromatic rings. The minimum Gasteiger partial charge on any atom is -0.497 e. The van der Waals surface area contributed by atoms with Crippen LogP contribution in [0.15, 0.2) is 48.5 Å². The third kappa shape index (κ3) is 6.23. The molecule has 34 heavy (non-hydrogen) atoms. The highest BCUT2D eigenvalue weighted by molar-refractivity contribution is 7.90. The molecule has 11 heteroatoms. The van der Waals surface area contributed by atoms with E-state index in [1.807, 2.05) is 0 Å². The van der Waals surface area contributed by atoms with Gasteiger partial charge in [-0.1, -0.05) is 31.2 Å². The van der Waals surface area contributed by atoms with E-state index in [1.165, 1.54) is 51.4 Å². The second-order valence-corrected chi connectivity index (χ2v) is 9.72. The zero-order chi connectivity index (χ0) is 25.5. The fraction of sp³-hybridized carbons (Fsp3) is 0.391. The number of hydrogen-bond acceptors (Lipinski definition) is 5. The van der Waals surface area contributed by atoms with Gasteiger partial charge in [-0.05, 0) is 36.2 Å². The van der Waals surface area contributed by atoms with Crippen LogP contribution in [0, 0.1) is 5.82 Å². The van der Waals surface area contributed by atoms with Crippen LogP contribution in [0.25, 0.3) is 0 Å². The van der Waals surface area contributed by atoms with E-state index < -0.39 is 40.4 Å². The number of hydrogen-bond donors (Lipinski definition) is 1. The van der Waals surface area contributed by atoms with Gasteiger partial charge in [0.2, 0.25) is 11.8 Å². The topological polar surface area (TPSA) is 99.3 Å². The van der Waals surface area contributed by atoms with E-state index in [1.54, 1.807) is 31.2 Å². The maximum absolute atomic E-state index is 14.6. The quantitative estimate of drug-likeness (QED) is 0.515. The monoisotopic (exact) mass is 494 g/mol. The van der Waals surface area contributed by atoms with Crippen LogP contribution in [-0.2, 0) is 26.3 Å². The van der Waals surface area contributed by atoms with Gasteiger partial charge in [0.1, 0.15) is 24.2 Å². The van der Waals surface area contributed by atoms with E-state index in [0.717, 1.165) is 10.4 Å². The Kier molecular flexibility index (Phi) is 9.39. The summed E-state index contributed by atoms with van der Waals surface area (Å²) in [4.78, 5) is 27.4. The third-order valence-electron chi connectivity index (χ3n) is 5.28. The molecule has 186 valence electrons. The predicted octanol–water partition coefficient (Wildman–Crippen LogP) is 2.00. The molecule has 0 aliphatic carbocycles. The van der Waals surface area contributed by atoms with Gasteiger partial charge in [-0.2, -0.15) is 12.7 Å². The third-order valence-corrected chi connectivity index (χ3v) is 7.09. The zero-order valence-electron chi connectivity index (χ0n) is 20.0. The number of halogens is 1. The Morgan fingerprint density at radius 2 is 1.71 bits per heavy atom. The number of carbonyl (C=O) groups is 2. The first kappa shape index (κ1) is 27.1. The number of nitrogens with one attached hydrogen (secondary N) is 1. The zero-order valence-corrected chi connectivity index (χ0v) is 20.8. The van der Waals surface area contributed by atoms with Gasteiger partial charge in [0.15, 0.2) is 0 Å². The lowest BCUT2D eigenvalue weighted by Gasteiger charge is -2.33. The smallest absolute Gasteiger partial charge is 0.304 e. The Bertz CT molecular complexity index is 1090. The van der Waals surface area contributed by atoms with Crippen LogP contribution in [0.4, 0.5) is 10.1 Å². The summed E-state index contributed by atoms with van der Waals surface area (Å²) in [5.41, 5.74) is 0.450. The van der Waals surface area contributed by atoms with Crippen molar-refractivity contribution in [3.8, 4) is 5.75 Å². The number of methoxy groups -OCH3 is 1. The molecule has 0 radical (unpaired) electrons. The van der Waals surface area contributed by atoms with Gasteiger partial charge in [0.25, 0.3) is 0 Å². The largest absolute Gasteiger partial charge is 0.497 e. The molecule has 1 atom stereocenters. The van der Waals surface area contributed by atoms with Crippen molar-refractivity contribution in [3.05, 3.63) is 59.9 Å². The number of anilines is 1.